The second-order valence-corrected chi connectivity index (χ2v) is 6.01. The summed E-state index contributed by atoms with van der Waals surface area (Å²) in [6, 6.07) is 5.26. The molecule has 0 unspecified atom stereocenters. The van der Waals surface area contributed by atoms with Crippen LogP contribution in [-0.4, -0.2) is 72.5 Å². The molecule has 0 atom stereocenters. The maximum Gasteiger partial charge on any atom is 0.313 e. The molecule has 1 aromatic carbocycles. The molecule has 0 spiro atoms. The Labute approximate surface area is 179 Å². The molecule has 0 N–H and O–H groups in total. The molecule has 1 rings (SSSR count). The van der Waals surface area contributed by atoms with E-state index < -0.39 is 0 Å². The predicted molar refractivity (Wildman–Crippen MR) is 113 cm³/mol. The number of benzene rings is 1. The van der Waals surface area contributed by atoms with Crippen LogP contribution in [0.5, 0.6) is 5.75 Å². The third-order valence-corrected chi connectivity index (χ3v) is 3.60. The van der Waals surface area contributed by atoms with Gasteiger partial charge in [0.25, 0.3) is 0 Å². The number of methoxy groups -OCH3 is 1. The van der Waals surface area contributed by atoms with E-state index in [9.17, 15) is 4.79 Å². The maximum atomic E-state index is 11.7. The van der Waals surface area contributed by atoms with E-state index in [1.165, 1.54) is 0 Å². The number of hydrogen-bond donors (Lipinski definition) is 0. The van der Waals surface area contributed by atoms with Crippen molar-refractivity contribution in [3.63, 3.8) is 0 Å². The maximum absolute atomic E-state index is 11.7. The van der Waals surface area contributed by atoms with Crippen LogP contribution >= 0.6 is 11.6 Å². The fraction of sp³-hybridized carbons (Fsp3) is 0.667. The number of carbonyl (C=O) groups is 1. The van der Waals surface area contributed by atoms with Crippen molar-refractivity contribution in [2.75, 3.05) is 66.6 Å². The Balaban J connectivity index is 0.00000379. The van der Waals surface area contributed by atoms with E-state index in [4.69, 9.17) is 40.0 Å². The summed E-state index contributed by atoms with van der Waals surface area (Å²) in [5.41, 5.74) is 1.00. The average Bonchev–Trinajstić information content (AvgIpc) is 2.72. The highest BCUT2D eigenvalue weighted by Gasteiger charge is 2.08. The van der Waals surface area contributed by atoms with E-state index in [2.05, 4.69) is 0 Å². The molecular formula is C21H35ClO7. The van der Waals surface area contributed by atoms with Crippen molar-refractivity contribution in [3.05, 3.63) is 28.8 Å². The quantitative estimate of drug-likeness (QED) is 0.223. The van der Waals surface area contributed by atoms with E-state index in [0.717, 1.165) is 5.56 Å². The van der Waals surface area contributed by atoms with Crippen LogP contribution in [0, 0.1) is 6.92 Å². The van der Waals surface area contributed by atoms with E-state index in [1.807, 2.05) is 26.8 Å². The molecule has 0 saturated carbocycles. The van der Waals surface area contributed by atoms with Crippen LogP contribution in [0.1, 0.15) is 25.8 Å². The molecule has 0 aliphatic carbocycles. The van der Waals surface area contributed by atoms with Gasteiger partial charge in [-0.3, -0.25) is 4.79 Å². The van der Waals surface area contributed by atoms with Crippen molar-refractivity contribution in [3.8, 4) is 5.75 Å². The van der Waals surface area contributed by atoms with Gasteiger partial charge in [-0.2, -0.15) is 0 Å². The van der Waals surface area contributed by atoms with E-state index in [-0.39, 0.29) is 19.0 Å². The van der Waals surface area contributed by atoms with Crippen LogP contribution in [0.4, 0.5) is 0 Å². The first kappa shape index (κ1) is 27.8. The highest BCUT2D eigenvalue weighted by atomic mass is 35.5. The van der Waals surface area contributed by atoms with Crippen molar-refractivity contribution < 1.29 is 33.2 Å². The molecular weight excluding hydrogens is 400 g/mol. The Morgan fingerprint density at radius 3 is 1.79 bits per heavy atom. The van der Waals surface area contributed by atoms with E-state index in [0.29, 0.717) is 63.6 Å². The number of rotatable bonds is 16. The van der Waals surface area contributed by atoms with Crippen LogP contribution in [0.15, 0.2) is 18.2 Å². The molecule has 29 heavy (non-hydrogen) atoms. The first-order valence-electron chi connectivity index (χ1n) is 9.90. The summed E-state index contributed by atoms with van der Waals surface area (Å²) in [4.78, 5) is 11.7. The molecule has 1 aromatic rings. The first-order valence-corrected chi connectivity index (χ1v) is 10.3. The van der Waals surface area contributed by atoms with Crippen molar-refractivity contribution in [2.45, 2.75) is 27.2 Å². The van der Waals surface area contributed by atoms with Crippen molar-refractivity contribution >= 4 is 17.6 Å². The first-order chi connectivity index (χ1) is 14.1. The Kier molecular flexibility index (Phi) is 19.2. The highest BCUT2D eigenvalue weighted by Crippen LogP contribution is 2.25. The van der Waals surface area contributed by atoms with Gasteiger partial charge in [0, 0.05) is 7.11 Å². The lowest BCUT2D eigenvalue weighted by Crippen LogP contribution is -2.15. The van der Waals surface area contributed by atoms with Gasteiger partial charge in [0.05, 0.1) is 70.9 Å². The molecule has 0 fully saturated rings. The van der Waals surface area contributed by atoms with Crippen LogP contribution in [0.3, 0.4) is 0 Å². The summed E-state index contributed by atoms with van der Waals surface area (Å²) in [6.45, 7) is 10.2. The smallest absolute Gasteiger partial charge is 0.313 e. The Morgan fingerprint density at radius 2 is 1.31 bits per heavy atom. The summed E-state index contributed by atoms with van der Waals surface area (Å²) in [7, 11) is 1.63. The predicted octanol–water partition coefficient (Wildman–Crippen LogP) is 3.68. The third-order valence-electron chi connectivity index (χ3n) is 3.31. The topological polar surface area (TPSA) is 72.5 Å². The minimum Gasteiger partial charge on any atom is -0.425 e. The molecule has 0 radical (unpaired) electrons. The fourth-order valence-electron chi connectivity index (χ4n) is 1.92. The summed E-state index contributed by atoms with van der Waals surface area (Å²) in [5.74, 6) is -0.0255. The van der Waals surface area contributed by atoms with Crippen molar-refractivity contribution in [1.29, 1.82) is 0 Å². The minimum atomic E-state index is -0.386. The lowest BCUT2D eigenvalue weighted by atomic mass is 10.2. The van der Waals surface area contributed by atoms with Gasteiger partial charge in [0.1, 0.15) is 5.75 Å². The van der Waals surface area contributed by atoms with Gasteiger partial charge in [-0.25, -0.2) is 0 Å². The standard InChI is InChI=1S/C19H29ClO7.C2H6/c1-16-3-4-18(17(20)15-16)27-19(21)5-6-23-9-10-25-13-14-26-12-11-24-8-7-22-2;1-2/h3-4,15H,5-14H2,1-2H3;1-2H3. The molecule has 168 valence electrons. The van der Waals surface area contributed by atoms with Gasteiger partial charge < -0.3 is 28.4 Å². The zero-order valence-corrected chi connectivity index (χ0v) is 18.8. The third kappa shape index (κ3) is 16.3. The normalized spacial score (nSPS) is 10.4. The second kappa shape index (κ2) is 20.1. The highest BCUT2D eigenvalue weighted by molar-refractivity contribution is 6.32. The Morgan fingerprint density at radius 1 is 0.828 bits per heavy atom. The molecule has 0 aromatic heterocycles. The Hall–Kier alpha value is -1.22. The number of aryl methyl sites for hydroxylation is 1. The molecule has 0 amide bonds. The van der Waals surface area contributed by atoms with Crippen LogP contribution < -0.4 is 4.74 Å². The van der Waals surface area contributed by atoms with Crippen molar-refractivity contribution in [2.24, 2.45) is 0 Å². The largest absolute Gasteiger partial charge is 0.425 e. The van der Waals surface area contributed by atoms with Gasteiger partial charge in [-0.05, 0) is 24.6 Å². The molecule has 0 aliphatic rings. The van der Waals surface area contributed by atoms with Crippen LogP contribution in [-0.2, 0) is 28.5 Å². The van der Waals surface area contributed by atoms with Gasteiger partial charge in [0.15, 0.2) is 0 Å². The summed E-state index contributed by atoms with van der Waals surface area (Å²) in [6.07, 6.45) is 0.149. The number of esters is 1. The second-order valence-electron chi connectivity index (χ2n) is 5.60. The van der Waals surface area contributed by atoms with Crippen LogP contribution in [0.25, 0.3) is 0 Å². The molecule has 7 nitrogen and oxygen atoms in total. The van der Waals surface area contributed by atoms with Crippen LogP contribution in [0.2, 0.25) is 5.02 Å². The molecule has 8 heteroatoms. The number of hydrogen-bond acceptors (Lipinski definition) is 7. The molecule has 0 heterocycles. The monoisotopic (exact) mass is 434 g/mol. The Bertz CT molecular complexity index is 526. The van der Waals surface area contributed by atoms with Gasteiger partial charge in [-0.15, -0.1) is 0 Å². The summed E-state index contributed by atoms with van der Waals surface area (Å²) >= 11 is 6.02. The molecule has 0 aliphatic heterocycles. The van der Waals surface area contributed by atoms with Crippen molar-refractivity contribution in [1.82, 2.24) is 0 Å². The van der Waals surface area contributed by atoms with E-state index >= 15 is 0 Å². The number of halogens is 1. The number of carbonyl (C=O) groups excluding carboxylic acids is 1. The summed E-state index contributed by atoms with van der Waals surface area (Å²) in [5, 5.41) is 0.418. The lowest BCUT2D eigenvalue weighted by Gasteiger charge is -2.08. The van der Waals surface area contributed by atoms with E-state index in [1.54, 1.807) is 19.2 Å². The van der Waals surface area contributed by atoms with Gasteiger partial charge in [-0.1, -0.05) is 31.5 Å². The van der Waals surface area contributed by atoms with Gasteiger partial charge >= 0.3 is 5.97 Å². The average molecular weight is 435 g/mol. The van der Waals surface area contributed by atoms with Gasteiger partial charge in [0.2, 0.25) is 0 Å². The SMILES string of the molecule is CC.COCCOCCOCCOCCOCCC(=O)Oc1ccc(C)cc1Cl. The summed E-state index contributed by atoms with van der Waals surface area (Å²) < 4.78 is 31.4. The zero-order chi connectivity index (χ0) is 21.7. The minimum absolute atomic E-state index is 0.149. The lowest BCUT2D eigenvalue weighted by molar-refractivity contribution is -0.135. The fourth-order valence-corrected chi connectivity index (χ4v) is 2.20. The zero-order valence-electron chi connectivity index (χ0n) is 18.0. The molecule has 0 saturated heterocycles. The molecule has 0 bridgehead atoms. The number of ether oxygens (including phenoxy) is 6.